The number of nitrogens with zero attached hydrogens (tertiary/aromatic N) is 1. The summed E-state index contributed by atoms with van der Waals surface area (Å²) in [6, 6.07) is 7.74. The summed E-state index contributed by atoms with van der Waals surface area (Å²) in [6.45, 7) is 0. The first-order chi connectivity index (χ1) is 13.2. The molecule has 4 aromatic rings. The Hall–Kier alpha value is -2.38. The third-order valence-electron chi connectivity index (χ3n) is 5.03. The molecule has 0 fully saturated rings. The summed E-state index contributed by atoms with van der Waals surface area (Å²) < 4.78 is 0. The van der Waals surface area contributed by atoms with Crippen LogP contribution in [0.1, 0.15) is 33.6 Å². The molecule has 5 nitrogen and oxygen atoms in total. The minimum atomic E-state index is -0.0820. The number of H-pyrrole nitrogens is 2. The number of rotatable bonds is 4. The van der Waals surface area contributed by atoms with Crippen molar-refractivity contribution in [1.82, 2.24) is 15.0 Å². The molecule has 0 amide bonds. The van der Waals surface area contributed by atoms with Crippen LogP contribution in [-0.2, 0) is 12.8 Å². The molecule has 0 radical (unpaired) electrons. The van der Waals surface area contributed by atoms with E-state index in [0.717, 1.165) is 40.4 Å². The molecule has 0 spiro atoms. The summed E-state index contributed by atoms with van der Waals surface area (Å²) in [5.74, 6) is 0.257. The molecular formula is C20H17N3O2S2. The molecule has 136 valence electrons. The smallest absolute Gasteiger partial charge is 0.260 e. The fraction of sp³-hybridized carbons (Fsp3) is 0.250. The molecule has 1 aliphatic carbocycles. The van der Waals surface area contributed by atoms with Crippen molar-refractivity contribution in [1.29, 1.82) is 0 Å². The van der Waals surface area contributed by atoms with Crippen molar-refractivity contribution >= 4 is 50.0 Å². The van der Waals surface area contributed by atoms with Gasteiger partial charge in [-0.1, -0.05) is 30.0 Å². The van der Waals surface area contributed by atoms with E-state index in [-0.39, 0.29) is 17.1 Å². The van der Waals surface area contributed by atoms with Crippen molar-refractivity contribution < 1.29 is 4.79 Å². The lowest BCUT2D eigenvalue weighted by atomic mass is 9.97. The molecule has 27 heavy (non-hydrogen) atoms. The number of hydrogen-bond donors (Lipinski definition) is 2. The predicted octanol–water partition coefficient (Wildman–Crippen LogP) is 4.32. The summed E-state index contributed by atoms with van der Waals surface area (Å²) >= 11 is 2.91. The van der Waals surface area contributed by atoms with E-state index in [9.17, 15) is 9.59 Å². The molecule has 1 aliphatic rings. The van der Waals surface area contributed by atoms with Gasteiger partial charge in [0, 0.05) is 27.5 Å². The highest BCUT2D eigenvalue weighted by Crippen LogP contribution is 2.34. The topological polar surface area (TPSA) is 78.6 Å². The van der Waals surface area contributed by atoms with Crippen LogP contribution in [0.4, 0.5) is 0 Å². The second kappa shape index (κ2) is 6.65. The average Bonchev–Trinajstić information content (AvgIpc) is 3.27. The van der Waals surface area contributed by atoms with Crippen LogP contribution >= 0.6 is 23.1 Å². The number of nitrogens with one attached hydrogen (secondary N) is 2. The van der Waals surface area contributed by atoms with Gasteiger partial charge in [0.1, 0.15) is 4.83 Å². The number of carbonyl (C=O) groups excluding carboxylic acids is 1. The van der Waals surface area contributed by atoms with Gasteiger partial charge in [0.15, 0.2) is 10.9 Å². The first-order valence-electron chi connectivity index (χ1n) is 8.97. The average molecular weight is 396 g/mol. The van der Waals surface area contributed by atoms with Crippen LogP contribution in [0.15, 0.2) is 40.4 Å². The third-order valence-corrected chi connectivity index (χ3v) is 7.09. The molecule has 3 aromatic heterocycles. The quantitative estimate of drug-likeness (QED) is 0.306. The summed E-state index contributed by atoms with van der Waals surface area (Å²) in [4.78, 5) is 37.9. The van der Waals surface area contributed by atoms with Crippen LogP contribution in [0.2, 0.25) is 0 Å². The second-order valence-corrected chi connectivity index (χ2v) is 8.77. The number of carbonyl (C=O) groups is 1. The Labute approximate surface area is 163 Å². The number of aromatic nitrogens is 3. The lowest BCUT2D eigenvalue weighted by molar-refractivity contribution is 0.102. The monoisotopic (exact) mass is 395 g/mol. The van der Waals surface area contributed by atoms with Crippen LogP contribution in [-0.4, -0.2) is 26.5 Å². The van der Waals surface area contributed by atoms with Gasteiger partial charge in [0.25, 0.3) is 5.56 Å². The zero-order valence-corrected chi connectivity index (χ0v) is 16.1. The number of benzene rings is 1. The highest BCUT2D eigenvalue weighted by atomic mass is 32.2. The molecule has 3 heterocycles. The highest BCUT2D eigenvalue weighted by molar-refractivity contribution is 7.99. The van der Waals surface area contributed by atoms with Crippen molar-refractivity contribution in [3.63, 3.8) is 0 Å². The van der Waals surface area contributed by atoms with E-state index in [4.69, 9.17) is 0 Å². The van der Waals surface area contributed by atoms with Gasteiger partial charge in [0.05, 0.1) is 11.1 Å². The number of Topliss-reactive ketones (excluding diaryl/α,β-unsaturated/α-hetero) is 1. The van der Waals surface area contributed by atoms with Crippen molar-refractivity contribution in [3.8, 4) is 0 Å². The summed E-state index contributed by atoms with van der Waals surface area (Å²) in [6.07, 6.45) is 6.07. The highest BCUT2D eigenvalue weighted by Gasteiger charge is 2.20. The second-order valence-electron chi connectivity index (χ2n) is 6.72. The van der Waals surface area contributed by atoms with Crippen molar-refractivity contribution in [2.24, 2.45) is 0 Å². The summed E-state index contributed by atoms with van der Waals surface area (Å²) in [5.41, 5.74) is 2.72. The van der Waals surface area contributed by atoms with Gasteiger partial charge in [-0.25, -0.2) is 4.98 Å². The molecular weight excluding hydrogens is 378 g/mol. The number of aryl methyl sites for hydroxylation is 2. The number of thiophene rings is 1. The first kappa shape index (κ1) is 16.8. The van der Waals surface area contributed by atoms with E-state index in [1.807, 2.05) is 24.3 Å². The molecule has 0 atom stereocenters. The number of ketones is 1. The zero-order chi connectivity index (χ0) is 18.4. The van der Waals surface area contributed by atoms with Crippen LogP contribution in [0.25, 0.3) is 21.1 Å². The number of fused-ring (bicyclic) bond motifs is 4. The van der Waals surface area contributed by atoms with Crippen molar-refractivity contribution in [2.45, 2.75) is 30.8 Å². The van der Waals surface area contributed by atoms with Crippen molar-refractivity contribution in [3.05, 3.63) is 56.8 Å². The van der Waals surface area contributed by atoms with Gasteiger partial charge < -0.3 is 9.97 Å². The number of aromatic amines is 2. The molecule has 0 saturated heterocycles. The maximum absolute atomic E-state index is 12.6. The molecule has 0 bridgehead atoms. The Bertz CT molecular complexity index is 1240. The van der Waals surface area contributed by atoms with Crippen LogP contribution in [0.5, 0.6) is 0 Å². The SMILES string of the molecule is O=C(CSc1nc2sc3c(c2c(=O)[nH]1)CCCC3)c1c[nH]c2ccccc12. The van der Waals surface area contributed by atoms with Crippen LogP contribution in [0, 0.1) is 0 Å². The van der Waals surface area contributed by atoms with Gasteiger partial charge in [-0.15, -0.1) is 11.3 Å². The fourth-order valence-corrected chi connectivity index (χ4v) is 5.79. The molecule has 7 heteroatoms. The lowest BCUT2D eigenvalue weighted by Gasteiger charge is -2.09. The minimum absolute atomic E-state index is 0.0191. The van der Waals surface area contributed by atoms with Gasteiger partial charge in [-0.2, -0.15) is 0 Å². The van der Waals surface area contributed by atoms with E-state index in [2.05, 4.69) is 15.0 Å². The standard InChI is InChI=1S/C20H17N3O2S2/c24-15(13-9-21-14-7-3-1-5-11(13)14)10-26-20-22-18(25)17-12-6-2-4-8-16(12)27-19(17)23-20/h1,3,5,7,9,21H,2,4,6,8,10H2,(H,22,23,25). The Morgan fingerprint density at radius 3 is 3.00 bits per heavy atom. The molecule has 5 rings (SSSR count). The molecule has 1 aromatic carbocycles. The van der Waals surface area contributed by atoms with E-state index in [1.165, 1.54) is 28.6 Å². The van der Waals surface area contributed by atoms with E-state index >= 15 is 0 Å². The summed E-state index contributed by atoms with van der Waals surface area (Å²) in [7, 11) is 0. The van der Waals surface area contributed by atoms with E-state index < -0.39 is 0 Å². The lowest BCUT2D eigenvalue weighted by Crippen LogP contribution is -2.11. The Balaban J connectivity index is 1.41. The fourth-order valence-electron chi connectivity index (χ4n) is 3.73. The predicted molar refractivity (Wildman–Crippen MR) is 110 cm³/mol. The van der Waals surface area contributed by atoms with E-state index in [0.29, 0.717) is 10.7 Å². The maximum Gasteiger partial charge on any atom is 0.260 e. The number of para-hydroxylation sites is 1. The minimum Gasteiger partial charge on any atom is -0.360 e. The van der Waals surface area contributed by atoms with Gasteiger partial charge in [0.2, 0.25) is 0 Å². The number of hydrogen-bond acceptors (Lipinski definition) is 5. The van der Waals surface area contributed by atoms with Gasteiger partial charge >= 0.3 is 0 Å². The Morgan fingerprint density at radius 2 is 2.07 bits per heavy atom. The van der Waals surface area contributed by atoms with Gasteiger partial charge in [-0.3, -0.25) is 9.59 Å². The molecule has 2 N–H and O–H groups in total. The maximum atomic E-state index is 12.6. The molecule has 0 aliphatic heterocycles. The largest absolute Gasteiger partial charge is 0.360 e. The third kappa shape index (κ3) is 2.91. The van der Waals surface area contributed by atoms with Crippen LogP contribution < -0.4 is 5.56 Å². The molecule has 0 saturated carbocycles. The Kier molecular flexibility index (Phi) is 4.13. The number of thioether (sulfide) groups is 1. The summed E-state index contributed by atoms with van der Waals surface area (Å²) in [5, 5.41) is 2.19. The van der Waals surface area contributed by atoms with Crippen molar-refractivity contribution in [2.75, 3.05) is 5.75 Å². The zero-order valence-electron chi connectivity index (χ0n) is 14.5. The van der Waals surface area contributed by atoms with Gasteiger partial charge in [-0.05, 0) is 37.3 Å². The Morgan fingerprint density at radius 1 is 1.22 bits per heavy atom. The van der Waals surface area contributed by atoms with E-state index in [1.54, 1.807) is 17.5 Å². The molecule has 0 unspecified atom stereocenters. The normalized spacial score (nSPS) is 13.9. The van der Waals surface area contributed by atoms with Crippen LogP contribution in [0.3, 0.4) is 0 Å². The first-order valence-corrected chi connectivity index (χ1v) is 10.8.